The maximum atomic E-state index is 13.2. The molecular formula is C20H32N2O5. The summed E-state index contributed by atoms with van der Waals surface area (Å²) in [4.78, 5) is 39.3. The van der Waals surface area contributed by atoms with Crippen LogP contribution in [-0.4, -0.2) is 54.2 Å². The molecule has 0 aromatic heterocycles. The van der Waals surface area contributed by atoms with Crippen molar-refractivity contribution in [2.45, 2.75) is 65.1 Å². The van der Waals surface area contributed by atoms with Crippen LogP contribution in [0.2, 0.25) is 0 Å². The number of amides is 2. The van der Waals surface area contributed by atoms with Gasteiger partial charge in [-0.05, 0) is 44.9 Å². The van der Waals surface area contributed by atoms with E-state index in [1.165, 1.54) is 7.11 Å². The fourth-order valence-electron chi connectivity index (χ4n) is 4.10. The first-order valence-corrected chi connectivity index (χ1v) is 9.42. The van der Waals surface area contributed by atoms with Crippen LogP contribution in [0.4, 0.5) is 4.79 Å². The third kappa shape index (κ3) is 4.45. The average molecular weight is 380 g/mol. The zero-order valence-corrected chi connectivity index (χ0v) is 17.2. The van der Waals surface area contributed by atoms with Crippen LogP contribution in [0.1, 0.15) is 47.5 Å². The molecule has 7 nitrogen and oxygen atoms in total. The summed E-state index contributed by atoms with van der Waals surface area (Å²) in [6, 6.07) is -1.38. The Morgan fingerprint density at radius 3 is 2.48 bits per heavy atom. The molecule has 0 radical (unpaired) electrons. The molecule has 1 saturated carbocycles. The van der Waals surface area contributed by atoms with Crippen LogP contribution < -0.4 is 5.32 Å². The van der Waals surface area contributed by atoms with E-state index in [1.807, 2.05) is 0 Å². The Hall–Kier alpha value is -2.05. The minimum absolute atomic E-state index is 0.0187. The number of likely N-dealkylation sites (tertiary alicyclic amines) is 1. The van der Waals surface area contributed by atoms with Crippen molar-refractivity contribution in [1.82, 2.24) is 10.2 Å². The van der Waals surface area contributed by atoms with E-state index < -0.39 is 29.7 Å². The highest BCUT2D eigenvalue weighted by molar-refractivity contribution is 5.91. The third-order valence-electron chi connectivity index (χ3n) is 5.58. The summed E-state index contributed by atoms with van der Waals surface area (Å²) in [7, 11) is 1.34. The molecule has 0 bridgehead atoms. The number of fused-ring (bicyclic) bond motifs is 1. The number of esters is 1. The van der Waals surface area contributed by atoms with Crippen LogP contribution >= 0.6 is 0 Å². The van der Waals surface area contributed by atoms with Gasteiger partial charge in [0.15, 0.2) is 0 Å². The van der Waals surface area contributed by atoms with Crippen LogP contribution in [-0.2, 0) is 19.1 Å². The van der Waals surface area contributed by atoms with Crippen molar-refractivity contribution in [2.75, 3.05) is 13.7 Å². The lowest BCUT2D eigenvalue weighted by molar-refractivity contribution is -0.153. The molecule has 152 valence electrons. The Labute approximate surface area is 161 Å². The van der Waals surface area contributed by atoms with E-state index in [0.29, 0.717) is 19.4 Å². The molecule has 1 saturated heterocycles. The van der Waals surface area contributed by atoms with Crippen LogP contribution in [0.5, 0.6) is 0 Å². The molecular weight excluding hydrogens is 348 g/mol. The average Bonchev–Trinajstić information content (AvgIpc) is 2.93. The molecule has 2 amide bonds. The van der Waals surface area contributed by atoms with E-state index >= 15 is 0 Å². The molecule has 7 heteroatoms. The summed E-state index contributed by atoms with van der Waals surface area (Å²) >= 11 is 0. The normalized spacial score (nSPS) is 26.6. The molecule has 1 aliphatic heterocycles. The number of ether oxygens (including phenoxy) is 2. The van der Waals surface area contributed by atoms with Crippen LogP contribution in [0.25, 0.3) is 0 Å². The molecule has 2 aliphatic rings. The maximum Gasteiger partial charge on any atom is 0.408 e. The Balaban J connectivity index is 2.15. The monoisotopic (exact) mass is 380 g/mol. The molecule has 3 unspecified atom stereocenters. The minimum atomic E-state index is -0.773. The second-order valence-corrected chi connectivity index (χ2v) is 8.98. The molecule has 0 aromatic carbocycles. The fourth-order valence-corrected chi connectivity index (χ4v) is 4.10. The van der Waals surface area contributed by atoms with Gasteiger partial charge in [-0.15, -0.1) is 6.58 Å². The van der Waals surface area contributed by atoms with Gasteiger partial charge in [0, 0.05) is 12.5 Å². The summed E-state index contributed by atoms with van der Waals surface area (Å²) in [5.74, 6) is -0.315. The maximum absolute atomic E-state index is 13.2. The summed E-state index contributed by atoms with van der Waals surface area (Å²) in [5.41, 5.74) is -0.644. The number of nitrogens with zero attached hydrogens (tertiary/aromatic N) is 1. The number of carbonyl (C=O) groups is 3. The highest BCUT2D eigenvalue weighted by Crippen LogP contribution is 2.65. The second kappa shape index (κ2) is 7.52. The standard InChI is InChI=1S/C20H32N2O5/c1-8-9-10-13(21-18(25)27-19(2,3)4)16(23)22-11-12-14(20(12,5)6)15(22)17(24)26-7/h8,12-15H,1,9-11H2,2-7H3,(H,21,25)/t12?,13?,14?,15-/m0/s1. The van der Waals surface area contributed by atoms with E-state index in [1.54, 1.807) is 31.7 Å². The van der Waals surface area contributed by atoms with Crippen molar-refractivity contribution in [2.24, 2.45) is 17.3 Å². The van der Waals surface area contributed by atoms with Crippen molar-refractivity contribution in [3.8, 4) is 0 Å². The van der Waals surface area contributed by atoms with Crippen molar-refractivity contribution >= 4 is 18.0 Å². The number of hydrogen-bond donors (Lipinski definition) is 1. The first-order valence-electron chi connectivity index (χ1n) is 9.42. The largest absolute Gasteiger partial charge is 0.467 e. The van der Waals surface area contributed by atoms with E-state index in [-0.39, 0.29) is 23.2 Å². The van der Waals surface area contributed by atoms with Gasteiger partial charge in [0.05, 0.1) is 7.11 Å². The van der Waals surface area contributed by atoms with E-state index in [0.717, 1.165) is 0 Å². The van der Waals surface area contributed by atoms with E-state index in [9.17, 15) is 14.4 Å². The Kier molecular flexibility index (Phi) is 5.92. The van der Waals surface area contributed by atoms with Crippen molar-refractivity contribution in [1.29, 1.82) is 0 Å². The lowest BCUT2D eigenvalue weighted by Crippen LogP contribution is -2.54. The Morgan fingerprint density at radius 2 is 1.96 bits per heavy atom. The lowest BCUT2D eigenvalue weighted by atomic mass is 9.99. The van der Waals surface area contributed by atoms with E-state index in [2.05, 4.69) is 25.7 Å². The third-order valence-corrected chi connectivity index (χ3v) is 5.58. The number of alkyl carbamates (subject to hydrolysis) is 1. The first-order chi connectivity index (χ1) is 12.4. The SMILES string of the molecule is C=CCCC(NC(=O)OC(C)(C)C)C(=O)N1CC2C([C@H]1C(=O)OC)C2(C)C. The van der Waals surface area contributed by atoms with Gasteiger partial charge in [-0.25, -0.2) is 9.59 Å². The molecule has 2 fully saturated rings. The van der Waals surface area contributed by atoms with Crippen LogP contribution in [0.3, 0.4) is 0 Å². The summed E-state index contributed by atoms with van der Waals surface area (Å²) in [6.07, 6.45) is 2.00. The van der Waals surface area contributed by atoms with Gasteiger partial charge in [0.1, 0.15) is 17.7 Å². The first kappa shape index (κ1) is 21.3. The van der Waals surface area contributed by atoms with Gasteiger partial charge < -0.3 is 19.7 Å². The molecule has 0 aromatic rings. The highest BCUT2D eigenvalue weighted by atomic mass is 16.6. The molecule has 2 rings (SSSR count). The summed E-state index contributed by atoms with van der Waals surface area (Å²) < 4.78 is 10.2. The second-order valence-electron chi connectivity index (χ2n) is 8.98. The lowest BCUT2D eigenvalue weighted by Gasteiger charge is -2.32. The molecule has 0 spiro atoms. The quantitative estimate of drug-likeness (QED) is 0.565. The predicted octanol–water partition coefficient (Wildman–Crippen LogP) is 2.50. The number of allylic oxidation sites excluding steroid dienone is 1. The van der Waals surface area contributed by atoms with Gasteiger partial charge in [-0.1, -0.05) is 19.9 Å². The van der Waals surface area contributed by atoms with Gasteiger partial charge in [-0.3, -0.25) is 4.79 Å². The van der Waals surface area contributed by atoms with Gasteiger partial charge >= 0.3 is 12.1 Å². The van der Waals surface area contributed by atoms with Crippen LogP contribution in [0, 0.1) is 17.3 Å². The molecule has 4 atom stereocenters. The molecule has 1 heterocycles. The number of piperidine rings is 1. The van der Waals surface area contributed by atoms with Crippen molar-refractivity contribution < 1.29 is 23.9 Å². The number of methoxy groups -OCH3 is 1. The summed E-state index contributed by atoms with van der Waals surface area (Å²) in [6.45, 7) is 13.7. The fraction of sp³-hybridized carbons (Fsp3) is 0.750. The summed E-state index contributed by atoms with van der Waals surface area (Å²) in [5, 5.41) is 2.66. The topological polar surface area (TPSA) is 84.9 Å². The smallest absolute Gasteiger partial charge is 0.408 e. The zero-order valence-electron chi connectivity index (χ0n) is 17.2. The minimum Gasteiger partial charge on any atom is -0.467 e. The van der Waals surface area contributed by atoms with E-state index in [4.69, 9.17) is 9.47 Å². The van der Waals surface area contributed by atoms with Crippen molar-refractivity contribution in [3.05, 3.63) is 12.7 Å². The van der Waals surface area contributed by atoms with Crippen molar-refractivity contribution in [3.63, 3.8) is 0 Å². The highest BCUT2D eigenvalue weighted by Gasteiger charge is 2.70. The molecule has 1 N–H and O–H groups in total. The number of rotatable bonds is 6. The Morgan fingerprint density at radius 1 is 1.33 bits per heavy atom. The molecule has 1 aliphatic carbocycles. The zero-order chi connectivity index (χ0) is 20.6. The van der Waals surface area contributed by atoms with Gasteiger partial charge in [0.25, 0.3) is 0 Å². The number of carbonyl (C=O) groups excluding carboxylic acids is 3. The Bertz CT molecular complexity index is 622. The van der Waals surface area contributed by atoms with Crippen LogP contribution in [0.15, 0.2) is 12.7 Å². The van der Waals surface area contributed by atoms with Gasteiger partial charge in [-0.2, -0.15) is 0 Å². The predicted molar refractivity (Wildman–Crippen MR) is 101 cm³/mol. The number of hydrogen-bond acceptors (Lipinski definition) is 5. The van der Waals surface area contributed by atoms with Gasteiger partial charge in [0.2, 0.25) is 5.91 Å². The number of nitrogens with one attached hydrogen (secondary N) is 1. The molecule has 27 heavy (non-hydrogen) atoms.